The molecule has 0 saturated carbocycles. The van der Waals surface area contributed by atoms with Crippen molar-refractivity contribution in [3.63, 3.8) is 0 Å². The Balaban J connectivity index is 2.76. The number of halogens is 3. The molecule has 2 N–H and O–H groups in total. The minimum Gasteiger partial charge on any atom is -0.389 e. The predicted octanol–water partition coefficient (Wildman–Crippen LogP) is 2.43. The van der Waals surface area contributed by atoms with Crippen molar-refractivity contribution in [1.29, 1.82) is 0 Å². The van der Waals surface area contributed by atoms with Gasteiger partial charge in [0, 0.05) is 19.3 Å². The zero-order valence-corrected chi connectivity index (χ0v) is 10.2. The molecule has 1 atom stereocenters. The second kappa shape index (κ2) is 6.06. The van der Waals surface area contributed by atoms with Gasteiger partial charge in [-0.15, -0.1) is 0 Å². The molecule has 0 bridgehead atoms. The van der Waals surface area contributed by atoms with Crippen LogP contribution in [0.4, 0.5) is 18.9 Å². The summed E-state index contributed by atoms with van der Waals surface area (Å²) in [6.07, 6.45) is -5.13. The van der Waals surface area contributed by atoms with Crippen LogP contribution in [0.1, 0.15) is 11.1 Å². The van der Waals surface area contributed by atoms with Gasteiger partial charge in [0.2, 0.25) is 0 Å². The van der Waals surface area contributed by atoms with E-state index in [1.807, 2.05) is 0 Å². The number of rotatable bonds is 5. The van der Waals surface area contributed by atoms with Gasteiger partial charge in [0.15, 0.2) is 0 Å². The van der Waals surface area contributed by atoms with Crippen LogP contribution in [0.15, 0.2) is 18.2 Å². The van der Waals surface area contributed by atoms with E-state index in [1.54, 1.807) is 6.92 Å². The van der Waals surface area contributed by atoms with Gasteiger partial charge in [-0.3, -0.25) is 0 Å². The third-order valence-corrected chi connectivity index (χ3v) is 2.45. The van der Waals surface area contributed by atoms with E-state index in [0.717, 1.165) is 12.1 Å². The number of aliphatic hydroxyl groups excluding tert-OH is 1. The minimum atomic E-state index is -4.37. The Hall–Kier alpha value is -1.27. The molecule has 1 aromatic carbocycles. The fourth-order valence-corrected chi connectivity index (χ4v) is 1.47. The van der Waals surface area contributed by atoms with Crippen molar-refractivity contribution in [1.82, 2.24) is 0 Å². The van der Waals surface area contributed by atoms with Crippen LogP contribution in [0.3, 0.4) is 0 Å². The predicted molar refractivity (Wildman–Crippen MR) is 62.6 cm³/mol. The third kappa shape index (κ3) is 4.19. The number of hydrogen-bond acceptors (Lipinski definition) is 3. The molecule has 3 nitrogen and oxygen atoms in total. The molecule has 0 aliphatic heterocycles. The second-order valence-corrected chi connectivity index (χ2v) is 4.02. The number of methoxy groups -OCH3 is 1. The first-order chi connectivity index (χ1) is 8.34. The highest BCUT2D eigenvalue weighted by Crippen LogP contribution is 2.31. The van der Waals surface area contributed by atoms with Crippen molar-refractivity contribution in [2.24, 2.45) is 0 Å². The molecule has 0 heterocycles. The molecule has 0 radical (unpaired) electrons. The highest BCUT2D eigenvalue weighted by atomic mass is 19.4. The lowest BCUT2D eigenvalue weighted by Gasteiger charge is -2.15. The normalized spacial score (nSPS) is 13.4. The average Bonchev–Trinajstić information content (AvgIpc) is 2.26. The molecular weight excluding hydrogens is 247 g/mol. The van der Waals surface area contributed by atoms with Crippen LogP contribution in [0.5, 0.6) is 0 Å². The maximum Gasteiger partial charge on any atom is 0.416 e. The standard InChI is InChI=1S/C12H16F3NO2/c1-8-3-4-9(12(13,14)15)5-11(8)16-6-10(17)7-18-2/h3-5,10,16-17H,6-7H2,1-2H3. The van der Waals surface area contributed by atoms with Crippen molar-refractivity contribution >= 4 is 5.69 Å². The molecule has 0 fully saturated rings. The van der Waals surface area contributed by atoms with Crippen LogP contribution in [-0.2, 0) is 10.9 Å². The van der Waals surface area contributed by atoms with Crippen LogP contribution < -0.4 is 5.32 Å². The topological polar surface area (TPSA) is 41.5 Å². The lowest BCUT2D eigenvalue weighted by Crippen LogP contribution is -2.24. The molecule has 0 aromatic heterocycles. The van der Waals surface area contributed by atoms with Gasteiger partial charge in [0.25, 0.3) is 0 Å². The van der Waals surface area contributed by atoms with E-state index in [0.29, 0.717) is 11.3 Å². The lowest BCUT2D eigenvalue weighted by molar-refractivity contribution is -0.137. The van der Waals surface area contributed by atoms with Gasteiger partial charge in [-0.25, -0.2) is 0 Å². The van der Waals surface area contributed by atoms with Crippen LogP contribution in [0.25, 0.3) is 0 Å². The molecule has 1 unspecified atom stereocenters. The Morgan fingerprint density at radius 2 is 2.06 bits per heavy atom. The smallest absolute Gasteiger partial charge is 0.389 e. The fourth-order valence-electron chi connectivity index (χ4n) is 1.47. The lowest BCUT2D eigenvalue weighted by atomic mass is 10.1. The molecular formula is C12H16F3NO2. The number of nitrogens with one attached hydrogen (secondary N) is 1. The first-order valence-electron chi connectivity index (χ1n) is 5.43. The Bertz CT molecular complexity index is 393. The Labute approximate surface area is 104 Å². The van der Waals surface area contributed by atoms with Gasteiger partial charge >= 0.3 is 6.18 Å². The number of ether oxygens (including phenoxy) is 1. The van der Waals surface area contributed by atoms with Crippen molar-refractivity contribution in [3.8, 4) is 0 Å². The van der Waals surface area contributed by atoms with E-state index in [2.05, 4.69) is 5.32 Å². The number of anilines is 1. The number of aryl methyl sites for hydroxylation is 1. The summed E-state index contributed by atoms with van der Waals surface area (Å²) < 4.78 is 42.3. The van der Waals surface area contributed by atoms with Crippen molar-refractivity contribution in [2.75, 3.05) is 25.6 Å². The van der Waals surface area contributed by atoms with Crippen LogP contribution >= 0.6 is 0 Å². The van der Waals surface area contributed by atoms with Gasteiger partial charge < -0.3 is 15.2 Å². The van der Waals surface area contributed by atoms with Crippen LogP contribution in [-0.4, -0.2) is 31.5 Å². The van der Waals surface area contributed by atoms with Crippen molar-refractivity contribution in [3.05, 3.63) is 29.3 Å². The monoisotopic (exact) mass is 263 g/mol. The summed E-state index contributed by atoms with van der Waals surface area (Å²) in [6, 6.07) is 3.47. The van der Waals surface area contributed by atoms with E-state index in [-0.39, 0.29) is 13.2 Å². The van der Waals surface area contributed by atoms with E-state index < -0.39 is 17.8 Å². The maximum absolute atomic E-state index is 12.5. The largest absolute Gasteiger partial charge is 0.416 e. The molecule has 6 heteroatoms. The second-order valence-electron chi connectivity index (χ2n) is 4.02. The quantitative estimate of drug-likeness (QED) is 0.857. The molecule has 0 saturated heterocycles. The summed E-state index contributed by atoms with van der Waals surface area (Å²) in [4.78, 5) is 0. The van der Waals surface area contributed by atoms with Crippen molar-refractivity contribution in [2.45, 2.75) is 19.2 Å². The van der Waals surface area contributed by atoms with Crippen LogP contribution in [0.2, 0.25) is 0 Å². The zero-order valence-electron chi connectivity index (χ0n) is 10.2. The van der Waals surface area contributed by atoms with E-state index in [9.17, 15) is 18.3 Å². The van der Waals surface area contributed by atoms with E-state index in [1.165, 1.54) is 13.2 Å². The van der Waals surface area contributed by atoms with Gasteiger partial charge in [0.1, 0.15) is 0 Å². The molecule has 102 valence electrons. The molecule has 0 spiro atoms. The third-order valence-electron chi connectivity index (χ3n) is 2.45. The van der Waals surface area contributed by atoms with E-state index in [4.69, 9.17) is 4.74 Å². The van der Waals surface area contributed by atoms with Gasteiger partial charge in [-0.1, -0.05) is 6.07 Å². The highest BCUT2D eigenvalue weighted by molar-refractivity contribution is 5.53. The molecule has 0 amide bonds. The minimum absolute atomic E-state index is 0.130. The van der Waals surface area contributed by atoms with Gasteiger partial charge in [-0.05, 0) is 24.6 Å². The average molecular weight is 263 g/mol. The first kappa shape index (κ1) is 14.8. The van der Waals surface area contributed by atoms with Gasteiger partial charge in [0.05, 0.1) is 18.3 Å². The van der Waals surface area contributed by atoms with Crippen molar-refractivity contribution < 1.29 is 23.0 Å². The fraction of sp³-hybridized carbons (Fsp3) is 0.500. The van der Waals surface area contributed by atoms with Gasteiger partial charge in [-0.2, -0.15) is 13.2 Å². The molecule has 0 aliphatic carbocycles. The van der Waals surface area contributed by atoms with E-state index >= 15 is 0 Å². The number of alkyl halides is 3. The summed E-state index contributed by atoms with van der Waals surface area (Å²) in [7, 11) is 1.44. The van der Waals surface area contributed by atoms with Crippen LogP contribution in [0, 0.1) is 6.92 Å². The summed E-state index contributed by atoms with van der Waals surface area (Å²) in [5.41, 5.74) is 0.337. The Morgan fingerprint density at radius 1 is 1.39 bits per heavy atom. The zero-order chi connectivity index (χ0) is 13.8. The summed E-state index contributed by atoms with van der Waals surface area (Å²) in [5, 5.41) is 12.2. The molecule has 1 rings (SSSR count). The first-order valence-corrected chi connectivity index (χ1v) is 5.43. The number of hydrogen-bond donors (Lipinski definition) is 2. The number of benzene rings is 1. The summed E-state index contributed by atoms with van der Waals surface area (Å²) >= 11 is 0. The summed E-state index contributed by atoms with van der Waals surface area (Å²) in [6.45, 7) is 1.96. The molecule has 18 heavy (non-hydrogen) atoms. The molecule has 1 aromatic rings. The Kier molecular flexibility index (Phi) is 4.98. The Morgan fingerprint density at radius 3 is 2.61 bits per heavy atom. The number of aliphatic hydroxyl groups is 1. The molecule has 0 aliphatic rings. The maximum atomic E-state index is 12.5. The highest BCUT2D eigenvalue weighted by Gasteiger charge is 2.30. The SMILES string of the molecule is COCC(O)CNc1cc(C(F)(F)F)ccc1C. The summed E-state index contributed by atoms with van der Waals surface area (Å²) in [5.74, 6) is 0.